The molecule has 3 heterocycles. The van der Waals surface area contributed by atoms with E-state index in [0.717, 1.165) is 75.3 Å². The molecule has 2 aliphatic heterocycles. The molecular formula is C35H48N4O6. The van der Waals surface area contributed by atoms with Crippen molar-refractivity contribution >= 4 is 29.3 Å². The van der Waals surface area contributed by atoms with Crippen LogP contribution >= 0.6 is 0 Å². The third-order valence-corrected chi connectivity index (χ3v) is 11.0. The average Bonchev–Trinajstić information content (AvgIpc) is 3.60. The second kappa shape index (κ2) is 11.7. The molecule has 4 aliphatic rings. The predicted octanol–water partition coefficient (Wildman–Crippen LogP) is 5.74. The molecule has 1 aromatic carbocycles. The summed E-state index contributed by atoms with van der Waals surface area (Å²) in [5, 5.41) is 2.91. The summed E-state index contributed by atoms with van der Waals surface area (Å²) in [6.07, 6.45) is 8.61. The molecule has 1 saturated heterocycles. The molecule has 244 valence electrons. The van der Waals surface area contributed by atoms with Gasteiger partial charge in [0.2, 0.25) is 11.8 Å². The normalized spacial score (nSPS) is 32.0. The second-order valence-electron chi connectivity index (χ2n) is 15.1. The van der Waals surface area contributed by atoms with Crippen LogP contribution in [0, 0.1) is 17.3 Å². The van der Waals surface area contributed by atoms with E-state index in [1.165, 1.54) is 0 Å². The van der Waals surface area contributed by atoms with Crippen LogP contribution in [-0.2, 0) is 19.7 Å². The number of aromatic nitrogens is 2. The summed E-state index contributed by atoms with van der Waals surface area (Å²) in [5.41, 5.74) is 1.01. The maximum Gasteiger partial charge on any atom is 0.408 e. The number of carbonyl (C=O) groups is 3. The van der Waals surface area contributed by atoms with E-state index in [1.54, 1.807) is 12.0 Å². The highest BCUT2D eigenvalue weighted by Gasteiger charge is 2.51. The van der Waals surface area contributed by atoms with Crippen LogP contribution in [0.2, 0.25) is 0 Å². The first kappa shape index (κ1) is 31.5. The Bertz CT molecular complexity index is 1470. The first-order valence-corrected chi connectivity index (χ1v) is 16.7. The molecule has 45 heavy (non-hydrogen) atoms. The zero-order chi connectivity index (χ0) is 32.1. The Hall–Kier alpha value is -3.43. The fourth-order valence-corrected chi connectivity index (χ4v) is 7.86. The lowest BCUT2D eigenvalue weighted by Crippen LogP contribution is -2.57. The van der Waals surface area contributed by atoms with E-state index in [2.05, 4.69) is 5.32 Å². The molecule has 2 aromatic rings. The lowest BCUT2D eigenvalue weighted by Gasteiger charge is -2.37. The summed E-state index contributed by atoms with van der Waals surface area (Å²) >= 11 is 0. The quantitative estimate of drug-likeness (QED) is 0.423. The number of methoxy groups -OCH3 is 1. The number of carbonyl (C=O) groups excluding carboxylic acids is 3. The van der Waals surface area contributed by atoms with Crippen LogP contribution in [0.5, 0.6) is 11.6 Å². The summed E-state index contributed by atoms with van der Waals surface area (Å²) in [4.78, 5) is 51.8. The number of ether oxygens (including phenoxy) is 3. The molecule has 2 aliphatic carbocycles. The van der Waals surface area contributed by atoms with Crippen molar-refractivity contribution in [3.05, 3.63) is 23.9 Å². The molecular weight excluding hydrogens is 572 g/mol. The number of hydrogen-bond acceptors (Lipinski definition) is 8. The fourth-order valence-electron chi connectivity index (χ4n) is 7.86. The van der Waals surface area contributed by atoms with Crippen LogP contribution in [0.4, 0.5) is 4.79 Å². The topological polar surface area (TPSA) is 120 Å². The van der Waals surface area contributed by atoms with E-state index in [0.29, 0.717) is 17.1 Å². The molecule has 0 unspecified atom stereocenters. The smallest absolute Gasteiger partial charge is 0.408 e. The van der Waals surface area contributed by atoms with E-state index < -0.39 is 35.3 Å². The Labute approximate surface area is 266 Å². The Balaban J connectivity index is 1.41. The largest absolute Gasteiger partial charge is 0.497 e. The van der Waals surface area contributed by atoms with Gasteiger partial charge in [-0.2, -0.15) is 0 Å². The molecule has 2 saturated carbocycles. The Morgan fingerprint density at radius 2 is 1.80 bits per heavy atom. The Morgan fingerprint density at radius 1 is 1.04 bits per heavy atom. The van der Waals surface area contributed by atoms with Gasteiger partial charge in [-0.1, -0.05) is 40.5 Å². The number of alkyl carbamates (subject to hydrolysis) is 1. The van der Waals surface area contributed by atoms with Gasteiger partial charge >= 0.3 is 6.09 Å². The highest BCUT2D eigenvalue weighted by Crippen LogP contribution is 2.54. The summed E-state index contributed by atoms with van der Waals surface area (Å²) < 4.78 is 18.3. The van der Waals surface area contributed by atoms with E-state index in [1.807, 2.05) is 52.8 Å². The third kappa shape index (κ3) is 5.97. The van der Waals surface area contributed by atoms with Crippen molar-refractivity contribution < 1.29 is 28.6 Å². The standard InChI is InChI=1S/C35H48N4O6/c1-21-26(20-40)39-19-27(21)44-30-28(36-24-13-12-23(43-6)18-25(24)37-30)35(16-17-35)15-8-7-10-22-11-9-14-34(22,5)45-32(42)38-29(31(39)41)33(2,3)4/h12-13,18,20-22,26-27,29H,7-11,14-17,19H2,1-6H3,(H,38,42)/t21-,22+,26+,27-,29+,34+/m0/s1. The molecule has 0 radical (unpaired) electrons. The van der Waals surface area contributed by atoms with Gasteiger partial charge in [0.15, 0.2) is 0 Å². The van der Waals surface area contributed by atoms with E-state index >= 15 is 0 Å². The van der Waals surface area contributed by atoms with Crippen molar-refractivity contribution in [1.29, 1.82) is 0 Å². The van der Waals surface area contributed by atoms with Crippen LogP contribution in [0.3, 0.4) is 0 Å². The Kier molecular flexibility index (Phi) is 8.23. The van der Waals surface area contributed by atoms with E-state index in [4.69, 9.17) is 24.2 Å². The van der Waals surface area contributed by atoms with Crippen molar-refractivity contribution in [2.75, 3.05) is 13.7 Å². The minimum atomic E-state index is -0.890. The number of nitrogens with one attached hydrogen (secondary N) is 1. The molecule has 1 spiro atoms. The van der Waals surface area contributed by atoms with Crippen LogP contribution < -0.4 is 14.8 Å². The summed E-state index contributed by atoms with van der Waals surface area (Å²) in [7, 11) is 1.62. The lowest BCUT2D eigenvalue weighted by atomic mass is 9.85. The van der Waals surface area contributed by atoms with E-state index in [-0.39, 0.29) is 29.7 Å². The number of rotatable bonds is 2. The maximum atomic E-state index is 14.2. The molecule has 10 heteroatoms. The van der Waals surface area contributed by atoms with Crippen molar-refractivity contribution in [3.8, 4) is 11.6 Å². The van der Waals surface area contributed by atoms with Gasteiger partial charge in [0.1, 0.15) is 35.5 Å². The van der Waals surface area contributed by atoms with Crippen LogP contribution in [-0.4, -0.2) is 70.6 Å². The number of fused-ring (bicyclic) bond motifs is 6. The number of nitrogens with zero attached hydrogens (tertiary/aromatic N) is 3. The number of aldehydes is 1. The zero-order valence-electron chi connectivity index (χ0n) is 27.6. The van der Waals surface area contributed by atoms with Crippen molar-refractivity contribution in [3.63, 3.8) is 0 Å². The van der Waals surface area contributed by atoms with Gasteiger partial charge in [-0.25, -0.2) is 14.8 Å². The predicted molar refractivity (Wildman–Crippen MR) is 169 cm³/mol. The van der Waals surface area contributed by atoms with Crippen LogP contribution in [0.15, 0.2) is 18.2 Å². The van der Waals surface area contributed by atoms with Crippen LogP contribution in [0.1, 0.15) is 98.1 Å². The van der Waals surface area contributed by atoms with Crippen molar-refractivity contribution in [2.24, 2.45) is 17.3 Å². The monoisotopic (exact) mass is 620 g/mol. The zero-order valence-corrected chi connectivity index (χ0v) is 27.6. The van der Waals surface area contributed by atoms with Crippen LogP contribution in [0.25, 0.3) is 11.0 Å². The van der Waals surface area contributed by atoms with E-state index in [9.17, 15) is 14.4 Å². The van der Waals surface area contributed by atoms with Gasteiger partial charge in [0, 0.05) is 17.4 Å². The molecule has 10 nitrogen and oxygen atoms in total. The third-order valence-electron chi connectivity index (χ3n) is 11.0. The average molecular weight is 621 g/mol. The number of benzene rings is 1. The molecule has 2 bridgehead atoms. The molecule has 3 fully saturated rings. The Morgan fingerprint density at radius 3 is 2.49 bits per heavy atom. The molecule has 1 aromatic heterocycles. The SMILES string of the molecule is COc1ccc2nc3c(nc2c1)O[C@H]1CN(C(=O)[C@H](C(C)(C)C)NC(=O)O[C@]2(C)CCC[C@H]2CCCCC32CC2)[C@H](C=O)[C@@H]1C. The highest BCUT2D eigenvalue weighted by molar-refractivity contribution is 5.89. The number of hydrogen-bond donors (Lipinski definition) is 1. The summed E-state index contributed by atoms with van der Waals surface area (Å²) in [6.45, 7) is 9.88. The van der Waals surface area contributed by atoms with Gasteiger partial charge < -0.3 is 29.2 Å². The van der Waals surface area contributed by atoms with Gasteiger partial charge in [-0.05, 0) is 75.3 Å². The van der Waals surface area contributed by atoms with Gasteiger partial charge in [-0.15, -0.1) is 0 Å². The first-order valence-electron chi connectivity index (χ1n) is 16.7. The fraction of sp³-hybridized carbons (Fsp3) is 0.686. The molecule has 6 atom stereocenters. The minimum absolute atomic E-state index is 0.115. The molecule has 2 amide bonds. The highest BCUT2D eigenvalue weighted by atomic mass is 16.6. The lowest BCUT2D eigenvalue weighted by molar-refractivity contribution is -0.139. The van der Waals surface area contributed by atoms with Gasteiger partial charge in [-0.3, -0.25) is 4.79 Å². The van der Waals surface area contributed by atoms with Crippen molar-refractivity contribution in [1.82, 2.24) is 20.2 Å². The number of amides is 2. The summed E-state index contributed by atoms with van der Waals surface area (Å²) in [5.74, 6) is 0.794. The summed E-state index contributed by atoms with van der Waals surface area (Å²) in [6, 6.07) is 4.09. The molecule has 1 N–H and O–H groups in total. The van der Waals surface area contributed by atoms with Gasteiger partial charge in [0.05, 0.1) is 30.7 Å². The van der Waals surface area contributed by atoms with Crippen molar-refractivity contribution in [2.45, 2.75) is 122 Å². The minimum Gasteiger partial charge on any atom is -0.497 e. The first-order chi connectivity index (χ1) is 21.4. The van der Waals surface area contributed by atoms with Gasteiger partial charge in [0.25, 0.3) is 0 Å². The maximum absolute atomic E-state index is 14.2. The second-order valence-corrected chi connectivity index (χ2v) is 15.1. The molecule has 6 rings (SSSR count).